The van der Waals surface area contributed by atoms with Crippen LogP contribution >= 0.6 is 0 Å². The van der Waals surface area contributed by atoms with Crippen molar-refractivity contribution in [3.63, 3.8) is 0 Å². The molecule has 0 aliphatic rings. The van der Waals surface area contributed by atoms with Crippen LogP contribution in [0.5, 0.6) is 0 Å². The molecule has 1 nitrogen and oxygen atoms in total. The molecule has 72 valence electrons. The Hall–Kier alpha value is -1.50. The lowest BCUT2D eigenvalue weighted by Gasteiger charge is -2.01. The predicted molar refractivity (Wildman–Crippen MR) is 61.5 cm³/mol. The Labute approximate surface area is 84.7 Å². The number of aryl methyl sites for hydroxylation is 1. The molecule has 0 spiro atoms. The number of hydrogen-bond acceptors (Lipinski definition) is 0. The topological polar surface area (TPSA) is 4.93 Å². The average Bonchev–Trinajstić information content (AvgIpc) is 2.57. The molecule has 14 heavy (non-hydrogen) atoms. The molecule has 0 aliphatic heterocycles. The Balaban J connectivity index is 2.49. The summed E-state index contributed by atoms with van der Waals surface area (Å²) >= 11 is 0. The summed E-state index contributed by atoms with van der Waals surface area (Å²) in [7, 11) is 0. The van der Waals surface area contributed by atoms with Gasteiger partial charge in [0, 0.05) is 18.3 Å². The van der Waals surface area contributed by atoms with Crippen LogP contribution in [0.4, 0.5) is 0 Å². The summed E-state index contributed by atoms with van der Waals surface area (Å²) in [5.74, 6) is 0. The SMILES string of the molecule is C/C=C/Cn1ccc2ccc(C)cc21. The van der Waals surface area contributed by atoms with Gasteiger partial charge in [-0.15, -0.1) is 0 Å². The first kappa shape index (κ1) is 9.07. The molecule has 0 N–H and O–H groups in total. The van der Waals surface area contributed by atoms with Gasteiger partial charge in [-0.3, -0.25) is 0 Å². The minimum absolute atomic E-state index is 0.962. The van der Waals surface area contributed by atoms with Gasteiger partial charge in [-0.2, -0.15) is 0 Å². The lowest BCUT2D eigenvalue weighted by molar-refractivity contribution is 0.862. The van der Waals surface area contributed by atoms with Crippen molar-refractivity contribution >= 4 is 10.9 Å². The van der Waals surface area contributed by atoms with E-state index in [2.05, 4.69) is 61.0 Å². The molecule has 0 amide bonds. The summed E-state index contributed by atoms with van der Waals surface area (Å²) in [5, 5.41) is 1.32. The van der Waals surface area contributed by atoms with E-state index in [4.69, 9.17) is 0 Å². The average molecular weight is 185 g/mol. The summed E-state index contributed by atoms with van der Waals surface area (Å²) in [6.07, 6.45) is 6.40. The maximum Gasteiger partial charge on any atom is 0.0485 e. The normalized spacial score (nSPS) is 11.6. The number of fused-ring (bicyclic) bond motifs is 1. The first-order valence-corrected chi connectivity index (χ1v) is 4.98. The van der Waals surface area contributed by atoms with E-state index in [0.717, 1.165) is 6.54 Å². The molecule has 0 unspecified atom stereocenters. The minimum Gasteiger partial charge on any atom is -0.344 e. The van der Waals surface area contributed by atoms with E-state index in [1.54, 1.807) is 0 Å². The molecule has 0 bridgehead atoms. The summed E-state index contributed by atoms with van der Waals surface area (Å²) in [5.41, 5.74) is 2.64. The van der Waals surface area contributed by atoms with Crippen molar-refractivity contribution in [3.05, 3.63) is 48.2 Å². The van der Waals surface area contributed by atoms with E-state index < -0.39 is 0 Å². The van der Waals surface area contributed by atoms with Crippen LogP contribution in [0.2, 0.25) is 0 Å². The highest BCUT2D eigenvalue weighted by atomic mass is 14.9. The fraction of sp³-hybridized carbons (Fsp3) is 0.231. The lowest BCUT2D eigenvalue weighted by atomic mass is 10.2. The van der Waals surface area contributed by atoms with E-state index in [9.17, 15) is 0 Å². The molecule has 1 aromatic carbocycles. The predicted octanol–water partition coefficient (Wildman–Crippen LogP) is 3.53. The molecule has 2 aromatic rings. The van der Waals surface area contributed by atoms with Crippen LogP contribution in [0.1, 0.15) is 12.5 Å². The van der Waals surface area contributed by atoms with Crippen LogP contribution in [0.3, 0.4) is 0 Å². The van der Waals surface area contributed by atoms with E-state index in [-0.39, 0.29) is 0 Å². The maximum atomic E-state index is 2.27. The second-order valence-electron chi connectivity index (χ2n) is 3.60. The molecule has 1 heteroatoms. The third-order valence-electron chi connectivity index (χ3n) is 2.47. The van der Waals surface area contributed by atoms with Gasteiger partial charge in [0.1, 0.15) is 0 Å². The van der Waals surface area contributed by atoms with Crippen molar-refractivity contribution in [2.75, 3.05) is 0 Å². The van der Waals surface area contributed by atoms with E-state index in [0.29, 0.717) is 0 Å². The van der Waals surface area contributed by atoms with Gasteiger partial charge in [0.2, 0.25) is 0 Å². The van der Waals surface area contributed by atoms with Gasteiger partial charge in [-0.25, -0.2) is 0 Å². The number of allylic oxidation sites excluding steroid dienone is 2. The van der Waals surface area contributed by atoms with Crippen LogP contribution in [0.15, 0.2) is 42.6 Å². The molecule has 0 radical (unpaired) electrons. The first-order valence-electron chi connectivity index (χ1n) is 4.98. The van der Waals surface area contributed by atoms with Crippen LogP contribution in [0.25, 0.3) is 10.9 Å². The van der Waals surface area contributed by atoms with Crippen molar-refractivity contribution in [3.8, 4) is 0 Å². The van der Waals surface area contributed by atoms with Crippen LogP contribution in [0, 0.1) is 6.92 Å². The van der Waals surface area contributed by atoms with Crippen molar-refractivity contribution in [1.82, 2.24) is 4.57 Å². The quantitative estimate of drug-likeness (QED) is 0.631. The number of hydrogen-bond donors (Lipinski definition) is 0. The molecule has 0 saturated carbocycles. The highest BCUT2D eigenvalue weighted by molar-refractivity contribution is 5.80. The summed E-state index contributed by atoms with van der Waals surface area (Å²) in [4.78, 5) is 0. The van der Waals surface area contributed by atoms with E-state index in [1.807, 2.05) is 0 Å². The molecule has 0 saturated heterocycles. The van der Waals surface area contributed by atoms with Crippen molar-refractivity contribution in [2.45, 2.75) is 20.4 Å². The van der Waals surface area contributed by atoms with Crippen molar-refractivity contribution in [1.29, 1.82) is 0 Å². The van der Waals surface area contributed by atoms with Gasteiger partial charge in [0.25, 0.3) is 0 Å². The third kappa shape index (κ3) is 1.58. The first-order chi connectivity index (χ1) is 6.81. The minimum atomic E-state index is 0.962. The highest BCUT2D eigenvalue weighted by Gasteiger charge is 1.98. The highest BCUT2D eigenvalue weighted by Crippen LogP contribution is 2.17. The maximum absolute atomic E-state index is 2.27. The van der Waals surface area contributed by atoms with Gasteiger partial charge >= 0.3 is 0 Å². The Morgan fingerprint density at radius 2 is 2.14 bits per heavy atom. The van der Waals surface area contributed by atoms with Gasteiger partial charge in [0.15, 0.2) is 0 Å². The van der Waals surface area contributed by atoms with Crippen LogP contribution < -0.4 is 0 Å². The molecule has 0 fully saturated rings. The fourth-order valence-corrected chi connectivity index (χ4v) is 1.67. The van der Waals surface area contributed by atoms with Crippen LogP contribution in [-0.2, 0) is 6.54 Å². The monoisotopic (exact) mass is 185 g/mol. The van der Waals surface area contributed by atoms with Gasteiger partial charge in [-0.1, -0.05) is 24.3 Å². The number of nitrogens with zero attached hydrogens (tertiary/aromatic N) is 1. The van der Waals surface area contributed by atoms with Crippen LogP contribution in [-0.4, -0.2) is 4.57 Å². The summed E-state index contributed by atoms with van der Waals surface area (Å²) in [6.45, 7) is 5.15. The molecule has 1 heterocycles. The molecule has 0 atom stereocenters. The standard InChI is InChI=1S/C13H15N/c1-3-4-8-14-9-7-12-6-5-11(2)10-13(12)14/h3-7,9-10H,8H2,1-2H3/b4-3+. The molecule has 2 rings (SSSR count). The largest absolute Gasteiger partial charge is 0.344 e. The Morgan fingerprint density at radius 3 is 2.93 bits per heavy atom. The van der Waals surface area contributed by atoms with Crippen molar-refractivity contribution in [2.24, 2.45) is 0 Å². The fourth-order valence-electron chi connectivity index (χ4n) is 1.67. The number of rotatable bonds is 2. The van der Waals surface area contributed by atoms with Gasteiger partial charge < -0.3 is 4.57 Å². The van der Waals surface area contributed by atoms with Gasteiger partial charge in [0.05, 0.1) is 0 Å². The molecular weight excluding hydrogens is 170 g/mol. The number of aromatic nitrogens is 1. The Bertz CT molecular complexity index is 463. The molecular formula is C13H15N. The number of benzene rings is 1. The third-order valence-corrected chi connectivity index (χ3v) is 2.47. The van der Waals surface area contributed by atoms with Gasteiger partial charge in [-0.05, 0) is 36.9 Å². The zero-order valence-corrected chi connectivity index (χ0v) is 8.70. The Kier molecular flexibility index (Phi) is 2.40. The lowest BCUT2D eigenvalue weighted by Crippen LogP contribution is -1.92. The van der Waals surface area contributed by atoms with Crippen molar-refractivity contribution < 1.29 is 0 Å². The summed E-state index contributed by atoms with van der Waals surface area (Å²) < 4.78 is 2.27. The van der Waals surface area contributed by atoms with E-state index >= 15 is 0 Å². The second kappa shape index (κ2) is 3.70. The molecule has 0 aliphatic carbocycles. The smallest absolute Gasteiger partial charge is 0.0485 e. The zero-order valence-electron chi connectivity index (χ0n) is 8.70. The van der Waals surface area contributed by atoms with E-state index in [1.165, 1.54) is 16.5 Å². The summed E-state index contributed by atoms with van der Waals surface area (Å²) in [6, 6.07) is 8.73. The second-order valence-corrected chi connectivity index (χ2v) is 3.60. The Morgan fingerprint density at radius 1 is 1.29 bits per heavy atom. The zero-order chi connectivity index (χ0) is 9.97. The molecule has 1 aromatic heterocycles.